The van der Waals surface area contributed by atoms with E-state index in [2.05, 4.69) is 16.0 Å². The van der Waals surface area contributed by atoms with Crippen molar-refractivity contribution in [1.82, 2.24) is 16.0 Å². The lowest BCUT2D eigenvalue weighted by Crippen LogP contribution is -2.44. The average molecular weight is 314 g/mol. The van der Waals surface area contributed by atoms with E-state index in [0.717, 1.165) is 5.56 Å². The first-order valence-electron chi connectivity index (χ1n) is 6.59. The number of ether oxygens (including phenoxy) is 1. The molecule has 0 spiro atoms. The van der Waals surface area contributed by atoms with Crippen LogP contribution >= 0.6 is 11.6 Å². The van der Waals surface area contributed by atoms with Gasteiger partial charge in [0.2, 0.25) is 5.91 Å². The van der Waals surface area contributed by atoms with E-state index >= 15 is 0 Å². The number of imide groups is 1. The van der Waals surface area contributed by atoms with Crippen molar-refractivity contribution >= 4 is 23.5 Å². The number of carbonyl (C=O) groups is 2. The Morgan fingerprint density at radius 3 is 2.71 bits per heavy atom. The third kappa shape index (κ3) is 6.57. The number of hydrogen-bond acceptors (Lipinski definition) is 4. The predicted octanol–water partition coefficient (Wildman–Crippen LogP) is 1.46. The van der Waals surface area contributed by atoms with Crippen LogP contribution in [0.1, 0.15) is 18.5 Å². The van der Waals surface area contributed by atoms with E-state index in [1.165, 1.54) is 7.11 Å². The third-order valence-corrected chi connectivity index (χ3v) is 3.13. The fraction of sp³-hybridized carbons (Fsp3) is 0.429. The minimum absolute atomic E-state index is 0.0179. The number of carbonyl (C=O) groups excluding carboxylic acids is 2. The summed E-state index contributed by atoms with van der Waals surface area (Å²) in [5, 5.41) is 8.36. The summed E-state index contributed by atoms with van der Waals surface area (Å²) in [7, 11) is 1.53. The van der Waals surface area contributed by atoms with Gasteiger partial charge in [0.25, 0.3) is 0 Å². The van der Waals surface area contributed by atoms with Gasteiger partial charge in [0, 0.05) is 24.7 Å². The van der Waals surface area contributed by atoms with Crippen LogP contribution in [-0.2, 0) is 9.53 Å². The third-order valence-electron chi connectivity index (χ3n) is 2.79. The molecule has 3 amide bonds. The van der Waals surface area contributed by atoms with Gasteiger partial charge in [-0.2, -0.15) is 0 Å². The first-order valence-corrected chi connectivity index (χ1v) is 6.96. The zero-order valence-electron chi connectivity index (χ0n) is 12.1. The summed E-state index contributed by atoms with van der Waals surface area (Å²) in [6.45, 7) is 2.65. The molecule has 1 aromatic rings. The molecule has 1 aromatic carbocycles. The van der Waals surface area contributed by atoms with Crippen molar-refractivity contribution in [2.75, 3.05) is 26.8 Å². The molecule has 0 saturated heterocycles. The van der Waals surface area contributed by atoms with Crippen molar-refractivity contribution in [2.24, 2.45) is 0 Å². The van der Waals surface area contributed by atoms with E-state index in [4.69, 9.17) is 16.3 Å². The molecule has 0 aliphatic carbocycles. The van der Waals surface area contributed by atoms with Crippen LogP contribution in [0.5, 0.6) is 0 Å². The van der Waals surface area contributed by atoms with Crippen LogP contribution < -0.4 is 16.0 Å². The van der Waals surface area contributed by atoms with Crippen LogP contribution in [0.15, 0.2) is 24.3 Å². The quantitative estimate of drug-likeness (QED) is 0.666. The van der Waals surface area contributed by atoms with Crippen molar-refractivity contribution in [1.29, 1.82) is 0 Å². The van der Waals surface area contributed by atoms with Crippen LogP contribution in [-0.4, -0.2) is 38.7 Å². The Labute approximate surface area is 129 Å². The summed E-state index contributed by atoms with van der Waals surface area (Å²) in [6.07, 6.45) is 0. The van der Waals surface area contributed by atoms with Gasteiger partial charge < -0.3 is 15.4 Å². The molecule has 0 aromatic heterocycles. The molecule has 1 rings (SSSR count). The van der Waals surface area contributed by atoms with Crippen molar-refractivity contribution in [3.63, 3.8) is 0 Å². The first-order chi connectivity index (χ1) is 10.0. The molecule has 0 fully saturated rings. The molecule has 0 heterocycles. The van der Waals surface area contributed by atoms with Gasteiger partial charge in [-0.3, -0.25) is 10.1 Å². The highest BCUT2D eigenvalue weighted by molar-refractivity contribution is 6.31. The maximum absolute atomic E-state index is 11.6. The van der Waals surface area contributed by atoms with Gasteiger partial charge in [0.1, 0.15) is 0 Å². The Bertz CT molecular complexity index is 482. The van der Waals surface area contributed by atoms with Crippen LogP contribution in [0.4, 0.5) is 4.79 Å². The Morgan fingerprint density at radius 2 is 2.05 bits per heavy atom. The van der Waals surface area contributed by atoms with Crippen molar-refractivity contribution in [2.45, 2.75) is 13.0 Å². The highest BCUT2D eigenvalue weighted by Crippen LogP contribution is 2.21. The summed E-state index contributed by atoms with van der Waals surface area (Å²) < 4.78 is 4.78. The monoisotopic (exact) mass is 313 g/mol. The van der Waals surface area contributed by atoms with Gasteiger partial charge in [-0.1, -0.05) is 29.8 Å². The fourth-order valence-electron chi connectivity index (χ4n) is 1.66. The van der Waals surface area contributed by atoms with Gasteiger partial charge >= 0.3 is 6.03 Å². The standard InChI is InChI=1S/C14H20ClN3O3/c1-10(11-5-3-4-6-12(11)15)17-9-13(19)18-14(20)16-7-8-21-2/h3-6,10,17H,7-9H2,1-2H3,(H2,16,18,19,20). The minimum Gasteiger partial charge on any atom is -0.383 e. The topological polar surface area (TPSA) is 79.5 Å². The lowest BCUT2D eigenvalue weighted by molar-refractivity contribution is -0.119. The van der Waals surface area contributed by atoms with Gasteiger partial charge in [-0.15, -0.1) is 0 Å². The molecule has 6 nitrogen and oxygen atoms in total. The Morgan fingerprint density at radius 1 is 1.33 bits per heavy atom. The SMILES string of the molecule is COCCNC(=O)NC(=O)CNC(C)c1ccccc1Cl. The van der Waals surface area contributed by atoms with Crippen molar-refractivity contribution in [3.8, 4) is 0 Å². The number of nitrogens with one attached hydrogen (secondary N) is 3. The van der Waals surface area contributed by atoms with E-state index in [9.17, 15) is 9.59 Å². The summed E-state index contributed by atoms with van der Waals surface area (Å²) in [5.74, 6) is -0.413. The van der Waals surface area contributed by atoms with E-state index < -0.39 is 11.9 Å². The van der Waals surface area contributed by atoms with E-state index in [0.29, 0.717) is 18.2 Å². The Balaban J connectivity index is 2.33. The number of benzene rings is 1. The zero-order chi connectivity index (χ0) is 15.7. The molecule has 0 saturated carbocycles. The summed E-state index contributed by atoms with van der Waals surface area (Å²) in [5.41, 5.74) is 0.900. The molecule has 0 aliphatic heterocycles. The van der Waals surface area contributed by atoms with Crippen molar-refractivity contribution in [3.05, 3.63) is 34.9 Å². The average Bonchev–Trinajstić information content (AvgIpc) is 2.45. The lowest BCUT2D eigenvalue weighted by atomic mass is 10.1. The predicted molar refractivity (Wildman–Crippen MR) is 81.3 cm³/mol. The zero-order valence-corrected chi connectivity index (χ0v) is 12.9. The number of halogens is 1. The molecular weight excluding hydrogens is 294 g/mol. The Hall–Kier alpha value is -1.63. The maximum atomic E-state index is 11.6. The van der Waals surface area contributed by atoms with Gasteiger partial charge in [-0.05, 0) is 18.6 Å². The van der Waals surface area contributed by atoms with Crippen molar-refractivity contribution < 1.29 is 14.3 Å². The molecule has 1 unspecified atom stereocenters. The first kappa shape index (κ1) is 17.4. The number of urea groups is 1. The smallest absolute Gasteiger partial charge is 0.321 e. The normalized spacial score (nSPS) is 11.8. The number of amides is 3. The van der Waals surface area contributed by atoms with E-state index in [1.807, 2.05) is 25.1 Å². The number of hydrogen-bond donors (Lipinski definition) is 3. The highest BCUT2D eigenvalue weighted by Gasteiger charge is 2.11. The summed E-state index contributed by atoms with van der Waals surface area (Å²) >= 11 is 6.07. The largest absolute Gasteiger partial charge is 0.383 e. The molecule has 3 N–H and O–H groups in total. The van der Waals surface area contributed by atoms with Crippen LogP contribution in [0.3, 0.4) is 0 Å². The molecule has 1 atom stereocenters. The number of methoxy groups -OCH3 is 1. The van der Waals surface area contributed by atoms with E-state index in [-0.39, 0.29) is 12.6 Å². The molecule has 0 aliphatic rings. The van der Waals surface area contributed by atoms with Crippen LogP contribution in [0.25, 0.3) is 0 Å². The van der Waals surface area contributed by atoms with Gasteiger partial charge in [0.05, 0.1) is 13.2 Å². The molecule has 7 heteroatoms. The summed E-state index contributed by atoms with van der Waals surface area (Å²) in [6, 6.07) is 6.76. The molecule has 116 valence electrons. The maximum Gasteiger partial charge on any atom is 0.321 e. The van der Waals surface area contributed by atoms with Gasteiger partial charge in [-0.25, -0.2) is 4.79 Å². The Kier molecular flexibility index (Phi) is 7.74. The second-order valence-corrected chi connectivity index (χ2v) is 4.83. The second-order valence-electron chi connectivity index (χ2n) is 4.42. The molecular formula is C14H20ClN3O3. The number of rotatable bonds is 7. The second kappa shape index (κ2) is 9.33. The van der Waals surface area contributed by atoms with Crippen LogP contribution in [0.2, 0.25) is 5.02 Å². The highest BCUT2D eigenvalue weighted by atomic mass is 35.5. The summed E-state index contributed by atoms with van der Waals surface area (Å²) in [4.78, 5) is 23.0. The lowest BCUT2D eigenvalue weighted by Gasteiger charge is -2.15. The van der Waals surface area contributed by atoms with E-state index in [1.54, 1.807) is 6.07 Å². The van der Waals surface area contributed by atoms with Gasteiger partial charge in [0.15, 0.2) is 0 Å². The molecule has 0 bridgehead atoms. The fourth-order valence-corrected chi connectivity index (χ4v) is 1.96. The molecule has 0 radical (unpaired) electrons. The minimum atomic E-state index is -0.538. The molecule has 21 heavy (non-hydrogen) atoms. The van der Waals surface area contributed by atoms with Crippen LogP contribution in [0, 0.1) is 0 Å².